The molecule has 0 saturated heterocycles. The van der Waals surface area contributed by atoms with Gasteiger partial charge in [-0.2, -0.15) is 0 Å². The Labute approximate surface area is 106 Å². The first kappa shape index (κ1) is 12.3. The zero-order valence-corrected chi connectivity index (χ0v) is 10.4. The van der Waals surface area contributed by atoms with E-state index < -0.39 is 0 Å². The molecule has 1 saturated carbocycles. The van der Waals surface area contributed by atoms with Gasteiger partial charge in [-0.25, -0.2) is 9.97 Å². The molecule has 1 amide bonds. The quantitative estimate of drug-likeness (QED) is 0.900. The largest absolute Gasteiger partial charge is 0.350 e. The third-order valence-corrected chi connectivity index (χ3v) is 3.32. The Morgan fingerprint density at radius 2 is 2.06 bits per heavy atom. The summed E-state index contributed by atoms with van der Waals surface area (Å²) >= 11 is 5.61. The van der Waals surface area contributed by atoms with Crippen molar-refractivity contribution in [2.75, 3.05) is 6.54 Å². The molecular formula is C12H16ClN3O. The lowest BCUT2D eigenvalue weighted by atomic mass is 9.89. The van der Waals surface area contributed by atoms with Crippen molar-refractivity contribution in [3.8, 4) is 0 Å². The summed E-state index contributed by atoms with van der Waals surface area (Å²) in [5, 5.41) is 3.20. The van der Waals surface area contributed by atoms with E-state index in [2.05, 4.69) is 15.3 Å². The third kappa shape index (κ3) is 3.66. The standard InChI is InChI=1S/C12H16ClN3O/c13-11-8-14-10(7-15-11)12(17)16-6-9-4-2-1-3-5-9/h7-9H,1-6H2,(H,16,17). The highest BCUT2D eigenvalue weighted by Gasteiger charge is 2.15. The van der Waals surface area contributed by atoms with Crippen LogP contribution in [0.2, 0.25) is 5.15 Å². The van der Waals surface area contributed by atoms with E-state index in [1.165, 1.54) is 44.5 Å². The lowest BCUT2D eigenvalue weighted by molar-refractivity contribution is 0.0938. The second kappa shape index (κ2) is 5.96. The summed E-state index contributed by atoms with van der Waals surface area (Å²) in [5.41, 5.74) is 0.324. The van der Waals surface area contributed by atoms with Crippen molar-refractivity contribution in [2.45, 2.75) is 32.1 Å². The zero-order chi connectivity index (χ0) is 12.1. The Bertz CT molecular complexity index is 374. The highest BCUT2D eigenvalue weighted by atomic mass is 35.5. The van der Waals surface area contributed by atoms with Crippen LogP contribution >= 0.6 is 11.6 Å². The van der Waals surface area contributed by atoms with Gasteiger partial charge in [0.2, 0.25) is 0 Å². The minimum Gasteiger partial charge on any atom is -0.350 e. The Balaban J connectivity index is 1.82. The SMILES string of the molecule is O=C(NCC1CCCCC1)c1cnc(Cl)cn1. The van der Waals surface area contributed by atoms with Crippen LogP contribution < -0.4 is 5.32 Å². The average Bonchev–Trinajstić information content (AvgIpc) is 2.38. The normalized spacial score (nSPS) is 16.8. The predicted octanol–water partition coefficient (Wildman–Crippen LogP) is 2.44. The van der Waals surface area contributed by atoms with E-state index in [0.717, 1.165) is 6.54 Å². The molecule has 4 nitrogen and oxygen atoms in total. The fourth-order valence-corrected chi connectivity index (χ4v) is 2.25. The van der Waals surface area contributed by atoms with E-state index in [1.807, 2.05) is 0 Å². The number of carbonyl (C=O) groups excluding carboxylic acids is 1. The molecule has 1 aliphatic carbocycles. The molecule has 0 unspecified atom stereocenters. The molecule has 92 valence electrons. The fraction of sp³-hybridized carbons (Fsp3) is 0.583. The van der Waals surface area contributed by atoms with E-state index in [0.29, 0.717) is 16.8 Å². The molecule has 1 heterocycles. The van der Waals surface area contributed by atoms with Gasteiger partial charge in [-0.3, -0.25) is 4.79 Å². The third-order valence-electron chi connectivity index (χ3n) is 3.13. The summed E-state index contributed by atoms with van der Waals surface area (Å²) in [5.74, 6) is 0.452. The zero-order valence-electron chi connectivity index (χ0n) is 9.66. The molecular weight excluding hydrogens is 238 g/mol. The number of hydrogen-bond acceptors (Lipinski definition) is 3. The molecule has 0 aromatic carbocycles. The number of rotatable bonds is 3. The number of hydrogen-bond donors (Lipinski definition) is 1. The van der Waals surface area contributed by atoms with Gasteiger partial charge in [0.15, 0.2) is 0 Å². The van der Waals surface area contributed by atoms with Crippen LogP contribution in [0.5, 0.6) is 0 Å². The Kier molecular flexibility index (Phi) is 4.31. The number of aromatic nitrogens is 2. The lowest BCUT2D eigenvalue weighted by Crippen LogP contribution is -2.30. The highest BCUT2D eigenvalue weighted by Crippen LogP contribution is 2.22. The first-order valence-corrected chi connectivity index (χ1v) is 6.39. The molecule has 2 rings (SSSR count). The van der Waals surface area contributed by atoms with Crippen LogP contribution in [0.25, 0.3) is 0 Å². The van der Waals surface area contributed by atoms with E-state index in [1.54, 1.807) is 0 Å². The Morgan fingerprint density at radius 3 is 2.71 bits per heavy atom. The van der Waals surface area contributed by atoms with E-state index >= 15 is 0 Å². The van der Waals surface area contributed by atoms with Crippen molar-refractivity contribution in [1.82, 2.24) is 15.3 Å². The van der Waals surface area contributed by atoms with Gasteiger partial charge in [0, 0.05) is 6.54 Å². The summed E-state index contributed by atoms with van der Waals surface area (Å²) < 4.78 is 0. The maximum absolute atomic E-state index is 11.7. The van der Waals surface area contributed by atoms with Crippen LogP contribution in [0.4, 0.5) is 0 Å². The summed E-state index contributed by atoms with van der Waals surface area (Å²) in [4.78, 5) is 19.5. The molecule has 1 fully saturated rings. The van der Waals surface area contributed by atoms with E-state index in [4.69, 9.17) is 11.6 Å². The maximum Gasteiger partial charge on any atom is 0.271 e. The fourth-order valence-electron chi connectivity index (χ4n) is 2.15. The van der Waals surface area contributed by atoms with Crippen LogP contribution in [0, 0.1) is 5.92 Å². The number of halogens is 1. The van der Waals surface area contributed by atoms with Crippen molar-refractivity contribution >= 4 is 17.5 Å². The van der Waals surface area contributed by atoms with Gasteiger partial charge < -0.3 is 5.32 Å². The van der Waals surface area contributed by atoms with Crippen LogP contribution in [-0.4, -0.2) is 22.4 Å². The number of amides is 1. The molecule has 1 aromatic rings. The molecule has 1 aromatic heterocycles. The molecule has 5 heteroatoms. The topological polar surface area (TPSA) is 54.9 Å². The van der Waals surface area contributed by atoms with Crippen LogP contribution in [0.1, 0.15) is 42.6 Å². The lowest BCUT2D eigenvalue weighted by Gasteiger charge is -2.21. The first-order valence-electron chi connectivity index (χ1n) is 6.01. The van der Waals surface area contributed by atoms with Crippen molar-refractivity contribution < 1.29 is 4.79 Å². The predicted molar refractivity (Wildman–Crippen MR) is 66.0 cm³/mol. The van der Waals surface area contributed by atoms with Crippen molar-refractivity contribution in [3.05, 3.63) is 23.2 Å². The average molecular weight is 254 g/mol. The molecule has 1 N–H and O–H groups in total. The summed E-state index contributed by atoms with van der Waals surface area (Å²) in [6.45, 7) is 0.739. The van der Waals surface area contributed by atoms with Crippen molar-refractivity contribution in [2.24, 2.45) is 5.92 Å². The van der Waals surface area contributed by atoms with Crippen molar-refractivity contribution in [1.29, 1.82) is 0 Å². The van der Waals surface area contributed by atoms with Crippen molar-refractivity contribution in [3.63, 3.8) is 0 Å². The summed E-state index contributed by atoms with van der Waals surface area (Å²) in [7, 11) is 0. The van der Waals surface area contributed by atoms with Gasteiger partial charge in [0.25, 0.3) is 5.91 Å². The molecule has 0 spiro atoms. The monoisotopic (exact) mass is 253 g/mol. The van der Waals surface area contributed by atoms with Gasteiger partial charge in [-0.05, 0) is 18.8 Å². The van der Waals surface area contributed by atoms with Crippen LogP contribution in [0.3, 0.4) is 0 Å². The minimum absolute atomic E-state index is 0.167. The molecule has 0 bridgehead atoms. The number of nitrogens with one attached hydrogen (secondary N) is 1. The van der Waals surface area contributed by atoms with E-state index in [-0.39, 0.29) is 5.91 Å². The number of nitrogens with zero attached hydrogens (tertiary/aromatic N) is 2. The van der Waals surface area contributed by atoms with Gasteiger partial charge in [-0.15, -0.1) is 0 Å². The minimum atomic E-state index is -0.167. The maximum atomic E-state index is 11.7. The van der Waals surface area contributed by atoms with Gasteiger partial charge in [0.1, 0.15) is 10.8 Å². The number of carbonyl (C=O) groups is 1. The molecule has 1 aliphatic rings. The van der Waals surface area contributed by atoms with Gasteiger partial charge in [-0.1, -0.05) is 30.9 Å². The molecule has 0 atom stereocenters. The molecule has 0 aliphatic heterocycles. The van der Waals surface area contributed by atoms with Gasteiger partial charge >= 0.3 is 0 Å². The van der Waals surface area contributed by atoms with Crippen LogP contribution in [-0.2, 0) is 0 Å². The summed E-state index contributed by atoms with van der Waals surface area (Å²) in [6, 6.07) is 0. The molecule has 17 heavy (non-hydrogen) atoms. The smallest absolute Gasteiger partial charge is 0.271 e. The van der Waals surface area contributed by atoms with Gasteiger partial charge in [0.05, 0.1) is 12.4 Å². The molecule has 0 radical (unpaired) electrons. The Morgan fingerprint density at radius 1 is 1.29 bits per heavy atom. The second-order valence-corrected chi connectivity index (χ2v) is 4.83. The highest BCUT2D eigenvalue weighted by molar-refractivity contribution is 6.29. The Hall–Kier alpha value is -1.16. The summed E-state index contributed by atoms with van der Waals surface area (Å²) in [6.07, 6.45) is 9.10. The van der Waals surface area contributed by atoms with E-state index in [9.17, 15) is 4.79 Å². The second-order valence-electron chi connectivity index (χ2n) is 4.44. The van der Waals surface area contributed by atoms with Crippen LogP contribution in [0.15, 0.2) is 12.4 Å². The first-order chi connectivity index (χ1) is 8.25.